The first-order valence-corrected chi connectivity index (χ1v) is 25.5. The maximum Gasteiger partial charge on any atom is 0.413 e. The summed E-state index contributed by atoms with van der Waals surface area (Å²) < 4.78 is 39.4. The molecule has 0 spiro atoms. The number of anilines is 3. The topological polar surface area (TPSA) is 243 Å². The molecule has 1 saturated carbocycles. The predicted molar refractivity (Wildman–Crippen MR) is 290 cm³/mol. The summed E-state index contributed by atoms with van der Waals surface area (Å²) in [6, 6.07) is 31.0. The van der Waals surface area contributed by atoms with Crippen LogP contribution in [-0.4, -0.2) is 108 Å². The van der Waals surface area contributed by atoms with Gasteiger partial charge in [-0.2, -0.15) is 0 Å². The van der Waals surface area contributed by atoms with E-state index in [9.17, 15) is 44.1 Å². The lowest BCUT2D eigenvalue weighted by atomic mass is 9.74. The summed E-state index contributed by atoms with van der Waals surface area (Å²) in [5.41, 5.74) is 0.445. The molecule has 3 N–H and O–H groups in total. The van der Waals surface area contributed by atoms with Crippen LogP contribution in [0.5, 0.6) is 17.2 Å². The van der Waals surface area contributed by atoms with E-state index < -0.39 is 52.3 Å². The van der Waals surface area contributed by atoms with E-state index in [2.05, 4.69) is 0 Å². The molecule has 3 amide bonds. The Kier molecular flexibility index (Phi) is 20.7. The van der Waals surface area contributed by atoms with Gasteiger partial charge in [-0.05, 0) is 53.7 Å². The lowest BCUT2D eigenvalue weighted by Gasteiger charge is -2.40. The van der Waals surface area contributed by atoms with Gasteiger partial charge in [0.25, 0.3) is 0 Å². The van der Waals surface area contributed by atoms with Crippen molar-refractivity contribution in [2.45, 2.75) is 58.7 Å². The molecule has 0 aliphatic heterocycles. The fourth-order valence-electron chi connectivity index (χ4n) is 9.86. The second-order valence-electron chi connectivity index (χ2n) is 18.9. The molecular formula is C57H66N6O15. The van der Waals surface area contributed by atoms with E-state index in [1.54, 1.807) is 50.1 Å². The summed E-state index contributed by atoms with van der Waals surface area (Å²) in [4.78, 5) is 85.8. The van der Waals surface area contributed by atoms with Gasteiger partial charge >= 0.3 is 18.3 Å². The highest BCUT2D eigenvalue weighted by molar-refractivity contribution is 5.88. The van der Waals surface area contributed by atoms with E-state index in [1.165, 1.54) is 58.1 Å². The van der Waals surface area contributed by atoms with Gasteiger partial charge in [0.15, 0.2) is 17.5 Å². The summed E-state index contributed by atoms with van der Waals surface area (Å²) >= 11 is 0. The van der Waals surface area contributed by atoms with Crippen molar-refractivity contribution >= 4 is 35.7 Å². The second kappa shape index (κ2) is 28.1. The quantitative estimate of drug-likeness (QED) is 0.0447. The number of ether oxygens (including phenoxy) is 6. The number of nitrogens with zero attached hydrogens (tertiary/aromatic N) is 6. The number of amides is 3. The maximum absolute atomic E-state index is 13.8. The highest BCUT2D eigenvalue weighted by atomic mass is 16.5. The average Bonchev–Trinajstić information content (AvgIpc) is 3.54. The zero-order chi connectivity index (χ0) is 55.6. The van der Waals surface area contributed by atoms with Gasteiger partial charge in [-0.25, -0.2) is 14.4 Å². The van der Waals surface area contributed by atoms with Gasteiger partial charge in [0, 0.05) is 97.4 Å². The van der Waals surface area contributed by atoms with Crippen LogP contribution in [0.3, 0.4) is 0 Å². The molecule has 21 nitrogen and oxygen atoms in total. The third-order valence-corrected chi connectivity index (χ3v) is 13.4. The molecule has 3 aromatic heterocycles. The zero-order valence-corrected chi connectivity index (χ0v) is 43.9. The van der Waals surface area contributed by atoms with Crippen molar-refractivity contribution in [3.05, 3.63) is 175 Å². The minimum absolute atomic E-state index is 0.0562. The molecule has 0 radical (unpaired) electrons. The molecule has 0 saturated heterocycles. The Bertz CT molecular complexity index is 2780. The van der Waals surface area contributed by atoms with E-state index in [0.29, 0.717) is 0 Å². The van der Waals surface area contributed by atoms with E-state index >= 15 is 0 Å². The van der Waals surface area contributed by atoms with Crippen LogP contribution in [-0.2, 0) is 53.7 Å². The van der Waals surface area contributed by atoms with Gasteiger partial charge in [-0.3, -0.25) is 29.1 Å². The van der Waals surface area contributed by atoms with Crippen molar-refractivity contribution in [1.82, 2.24) is 13.7 Å². The number of benzene rings is 3. The Balaban J connectivity index is 1.33. The van der Waals surface area contributed by atoms with Crippen LogP contribution >= 0.6 is 0 Å². The first-order chi connectivity index (χ1) is 37.8. The van der Waals surface area contributed by atoms with Crippen LogP contribution in [0.15, 0.2) is 142 Å². The Hall–Kier alpha value is -8.40. The van der Waals surface area contributed by atoms with Crippen molar-refractivity contribution in [3.63, 3.8) is 0 Å². The normalized spacial score (nSPS) is 15.0. The Morgan fingerprint density at radius 2 is 0.692 bits per heavy atom. The van der Waals surface area contributed by atoms with Gasteiger partial charge in [0.05, 0.1) is 19.8 Å². The Morgan fingerprint density at radius 1 is 0.436 bits per heavy atom. The smallest absolute Gasteiger partial charge is 0.413 e. The number of carbonyl (C=O) groups is 3. The van der Waals surface area contributed by atoms with Gasteiger partial charge in [0.2, 0.25) is 33.5 Å². The highest BCUT2D eigenvalue weighted by Crippen LogP contribution is 2.40. The largest absolute Gasteiger partial charge is 0.481 e. The van der Waals surface area contributed by atoms with Gasteiger partial charge < -0.3 is 57.4 Å². The fourth-order valence-corrected chi connectivity index (χ4v) is 9.86. The van der Waals surface area contributed by atoms with E-state index in [4.69, 9.17) is 28.4 Å². The molecule has 1 aliphatic carbocycles. The minimum Gasteiger partial charge on any atom is -0.481 e. The third-order valence-electron chi connectivity index (χ3n) is 13.4. The third kappa shape index (κ3) is 15.0. The first-order valence-electron chi connectivity index (χ1n) is 25.5. The van der Waals surface area contributed by atoms with Gasteiger partial charge in [-0.15, -0.1) is 0 Å². The zero-order valence-electron chi connectivity index (χ0n) is 43.9. The molecule has 1 fully saturated rings. The lowest BCUT2D eigenvalue weighted by molar-refractivity contribution is 0.169. The molecule has 3 heterocycles. The molecule has 0 unspecified atom stereocenters. The molecule has 78 heavy (non-hydrogen) atoms. The summed E-state index contributed by atoms with van der Waals surface area (Å²) in [5.74, 6) is -2.74. The standard InChI is InChI=1S/C57H66N6O15/c1-73-28-25-58-22-19-46(64)49(76-37-40-13-7-4-8-14-40)52(58)61(55(67)68)34-43-31-44(35-62(56(69)70)53-50(77-38-41-15-9-5-10-16-41)47(65)20-23-59(53)26-29-74-2)33-45(32-43)36-63(57(71)72)54-51(78-39-42-17-11-6-12-18-42)48(66)21-24-60(54)27-30-75-3/h4-24,43-45H,25-39H2,1-3H3,(H,67,68)(H,69,70)(H,71,72). The molecule has 7 rings (SSSR count). The number of hydrogen-bond donors (Lipinski definition) is 3. The molecule has 0 atom stereocenters. The van der Waals surface area contributed by atoms with Crippen molar-refractivity contribution in [2.24, 2.45) is 17.8 Å². The van der Waals surface area contributed by atoms with Crippen LogP contribution in [0.25, 0.3) is 0 Å². The molecule has 1 aliphatic rings. The molecule has 6 aromatic rings. The van der Waals surface area contributed by atoms with Crippen molar-refractivity contribution in [3.8, 4) is 17.2 Å². The summed E-state index contributed by atoms with van der Waals surface area (Å²) in [6.45, 7) is -0.159. The second-order valence-corrected chi connectivity index (χ2v) is 18.9. The van der Waals surface area contributed by atoms with Crippen molar-refractivity contribution in [2.75, 3.05) is 75.5 Å². The summed E-state index contributed by atoms with van der Waals surface area (Å²) in [7, 11) is 4.47. The number of carboxylic acid groups (broad SMARTS) is 3. The van der Waals surface area contributed by atoms with E-state index in [-0.39, 0.29) is 133 Å². The van der Waals surface area contributed by atoms with Gasteiger partial charge in [-0.1, -0.05) is 91.0 Å². The fraction of sp³-hybridized carbons (Fsp3) is 0.368. The van der Waals surface area contributed by atoms with E-state index in [0.717, 1.165) is 31.4 Å². The van der Waals surface area contributed by atoms with E-state index in [1.807, 2.05) is 54.6 Å². The molecule has 21 heteroatoms. The van der Waals surface area contributed by atoms with Crippen LogP contribution in [0.1, 0.15) is 36.0 Å². The number of pyridine rings is 3. The van der Waals surface area contributed by atoms with Gasteiger partial charge in [0.1, 0.15) is 19.8 Å². The summed E-state index contributed by atoms with van der Waals surface area (Å²) in [5, 5.41) is 33.6. The van der Waals surface area contributed by atoms with Crippen molar-refractivity contribution in [1.29, 1.82) is 0 Å². The number of hydrogen-bond acceptors (Lipinski definition) is 12. The lowest BCUT2D eigenvalue weighted by Crippen LogP contribution is -2.45. The van der Waals surface area contributed by atoms with Crippen LogP contribution in [0.2, 0.25) is 0 Å². The monoisotopic (exact) mass is 1070 g/mol. The molecule has 3 aromatic carbocycles. The summed E-state index contributed by atoms with van der Waals surface area (Å²) in [6.07, 6.45) is 0.694. The highest BCUT2D eigenvalue weighted by Gasteiger charge is 2.39. The number of aromatic nitrogens is 3. The predicted octanol–water partition coefficient (Wildman–Crippen LogP) is 7.73. The Morgan fingerprint density at radius 3 is 0.923 bits per heavy atom. The SMILES string of the molecule is COCCn1ccc(=O)c(OCc2ccccc2)c1N(CC1CC(CN(C(=O)O)c2c(OCc3ccccc3)c(=O)ccn2CCOC)CC(CN(C(=O)O)c2c(OCc3ccccc3)c(=O)ccn2CCOC)C1)C(=O)O. The van der Waals surface area contributed by atoms with Crippen LogP contribution < -0.4 is 45.2 Å². The van der Waals surface area contributed by atoms with Crippen molar-refractivity contribution < 1.29 is 58.1 Å². The van der Waals surface area contributed by atoms with Crippen LogP contribution in [0.4, 0.5) is 31.8 Å². The molecule has 414 valence electrons. The maximum atomic E-state index is 13.8. The molecular weight excluding hydrogens is 1010 g/mol. The number of rotatable bonds is 27. The minimum atomic E-state index is -1.42. The first kappa shape index (κ1) is 57.3. The van der Waals surface area contributed by atoms with Crippen LogP contribution in [0, 0.1) is 17.8 Å². The molecule has 0 bridgehead atoms. The average molecular weight is 1080 g/mol. The Labute approximate surface area is 450 Å². The number of methoxy groups -OCH3 is 3.